The molecular weight excluding hydrogens is 248 g/mol. The quantitative estimate of drug-likeness (QED) is 0.831. The summed E-state index contributed by atoms with van der Waals surface area (Å²) in [6.45, 7) is 5.99. The molecule has 0 aromatic heterocycles. The lowest BCUT2D eigenvalue weighted by atomic mass is 9.70. The summed E-state index contributed by atoms with van der Waals surface area (Å²) in [4.78, 5) is 12.6. The van der Waals surface area contributed by atoms with Gasteiger partial charge in [-0.25, -0.2) is 0 Å². The third kappa shape index (κ3) is 3.75. The van der Waals surface area contributed by atoms with Gasteiger partial charge in [0.25, 0.3) is 0 Å². The lowest BCUT2D eigenvalue weighted by Crippen LogP contribution is -2.49. The van der Waals surface area contributed by atoms with Crippen molar-refractivity contribution in [2.24, 2.45) is 28.9 Å². The fourth-order valence-electron chi connectivity index (χ4n) is 3.80. The molecule has 0 saturated heterocycles. The molecule has 20 heavy (non-hydrogen) atoms. The van der Waals surface area contributed by atoms with Crippen LogP contribution in [0.4, 0.5) is 0 Å². The van der Waals surface area contributed by atoms with Gasteiger partial charge in [-0.15, -0.1) is 0 Å². The number of hydrogen-bond acceptors (Lipinski definition) is 2. The van der Waals surface area contributed by atoms with E-state index in [4.69, 9.17) is 5.73 Å². The van der Waals surface area contributed by atoms with Crippen LogP contribution >= 0.6 is 0 Å². The van der Waals surface area contributed by atoms with Crippen LogP contribution in [0.3, 0.4) is 0 Å². The minimum atomic E-state index is -0.269. The van der Waals surface area contributed by atoms with Crippen molar-refractivity contribution in [2.45, 2.75) is 65.2 Å². The van der Waals surface area contributed by atoms with E-state index in [2.05, 4.69) is 19.2 Å². The zero-order valence-electron chi connectivity index (χ0n) is 13.3. The topological polar surface area (TPSA) is 55.1 Å². The van der Waals surface area contributed by atoms with Crippen molar-refractivity contribution in [2.75, 3.05) is 13.1 Å². The van der Waals surface area contributed by atoms with Crippen molar-refractivity contribution in [3.63, 3.8) is 0 Å². The fourth-order valence-corrected chi connectivity index (χ4v) is 3.80. The molecular formula is C17H32N2O. The normalized spacial score (nSPS) is 38.5. The molecule has 1 amide bonds. The van der Waals surface area contributed by atoms with Gasteiger partial charge in [-0.1, -0.05) is 26.7 Å². The minimum Gasteiger partial charge on any atom is -0.355 e. The number of rotatable bonds is 4. The summed E-state index contributed by atoms with van der Waals surface area (Å²) in [5, 5.41) is 3.22. The Hall–Kier alpha value is -0.570. The molecule has 0 unspecified atom stereocenters. The first-order valence-corrected chi connectivity index (χ1v) is 8.54. The van der Waals surface area contributed by atoms with Gasteiger partial charge in [0, 0.05) is 13.1 Å². The summed E-state index contributed by atoms with van der Waals surface area (Å²) in [6, 6.07) is 0. The van der Waals surface area contributed by atoms with Crippen LogP contribution in [-0.2, 0) is 4.79 Å². The number of carbonyl (C=O) groups is 1. The number of amides is 1. The molecule has 2 rings (SSSR count). The summed E-state index contributed by atoms with van der Waals surface area (Å²) in [5.41, 5.74) is 5.68. The maximum absolute atomic E-state index is 12.6. The number of nitrogens with two attached hydrogens (primary N) is 1. The molecule has 0 spiro atoms. The van der Waals surface area contributed by atoms with Crippen LogP contribution in [0.2, 0.25) is 0 Å². The Balaban J connectivity index is 1.81. The Kier molecular flexibility index (Phi) is 5.48. The average Bonchev–Trinajstić information content (AvgIpc) is 2.47. The summed E-state index contributed by atoms with van der Waals surface area (Å²) in [5.74, 6) is 2.54. The first kappa shape index (κ1) is 15.8. The van der Waals surface area contributed by atoms with E-state index in [9.17, 15) is 4.79 Å². The molecule has 0 bridgehead atoms. The molecule has 3 N–H and O–H groups in total. The molecule has 116 valence electrons. The highest BCUT2D eigenvalue weighted by atomic mass is 16.2. The molecule has 2 aliphatic rings. The Labute approximate surface area is 124 Å². The molecule has 2 fully saturated rings. The van der Waals surface area contributed by atoms with Crippen molar-refractivity contribution in [3.05, 3.63) is 0 Å². The van der Waals surface area contributed by atoms with Gasteiger partial charge >= 0.3 is 0 Å². The van der Waals surface area contributed by atoms with Gasteiger partial charge in [0.15, 0.2) is 0 Å². The van der Waals surface area contributed by atoms with Crippen molar-refractivity contribution < 1.29 is 4.79 Å². The van der Waals surface area contributed by atoms with Crippen molar-refractivity contribution in [1.82, 2.24) is 5.32 Å². The maximum Gasteiger partial charge on any atom is 0.227 e. The second kappa shape index (κ2) is 6.93. The Morgan fingerprint density at radius 1 is 1.05 bits per heavy atom. The molecule has 0 radical (unpaired) electrons. The third-order valence-corrected chi connectivity index (χ3v) is 5.79. The summed E-state index contributed by atoms with van der Waals surface area (Å²) in [7, 11) is 0. The van der Waals surface area contributed by atoms with Gasteiger partial charge in [-0.2, -0.15) is 0 Å². The molecule has 0 aromatic rings. The maximum atomic E-state index is 12.6. The van der Waals surface area contributed by atoms with Crippen molar-refractivity contribution >= 4 is 5.91 Å². The summed E-state index contributed by atoms with van der Waals surface area (Å²) < 4.78 is 0. The van der Waals surface area contributed by atoms with Crippen LogP contribution in [0.25, 0.3) is 0 Å². The largest absolute Gasteiger partial charge is 0.355 e. The number of carbonyl (C=O) groups excluding carboxylic acids is 1. The minimum absolute atomic E-state index is 0.227. The Bertz CT molecular complexity index is 313. The van der Waals surface area contributed by atoms with E-state index < -0.39 is 0 Å². The molecule has 0 atom stereocenters. The molecule has 0 aromatic carbocycles. The zero-order chi connectivity index (χ0) is 14.6. The highest BCUT2D eigenvalue weighted by Crippen LogP contribution is 2.38. The van der Waals surface area contributed by atoms with Gasteiger partial charge in [-0.05, 0) is 56.3 Å². The number of nitrogens with one attached hydrogen (secondary N) is 1. The van der Waals surface area contributed by atoms with E-state index in [1.807, 2.05) is 0 Å². The monoisotopic (exact) mass is 280 g/mol. The fraction of sp³-hybridized carbons (Fsp3) is 0.941. The first-order valence-electron chi connectivity index (χ1n) is 8.54. The van der Waals surface area contributed by atoms with Gasteiger partial charge in [0.05, 0.1) is 5.41 Å². The van der Waals surface area contributed by atoms with Crippen LogP contribution in [0.15, 0.2) is 0 Å². The predicted octanol–water partition coefficient (Wildman–Crippen LogP) is 3.08. The number of hydrogen-bond donors (Lipinski definition) is 2. The highest BCUT2D eigenvalue weighted by molar-refractivity contribution is 5.83. The predicted molar refractivity (Wildman–Crippen MR) is 83.3 cm³/mol. The van der Waals surface area contributed by atoms with E-state index in [1.54, 1.807) is 0 Å². The SMILES string of the molecule is CC1CCC(CNC(=O)C2(CN)CCC(C)CC2)CC1. The molecule has 3 nitrogen and oxygen atoms in total. The second-order valence-corrected chi connectivity index (χ2v) is 7.50. The Morgan fingerprint density at radius 2 is 1.60 bits per heavy atom. The third-order valence-electron chi connectivity index (χ3n) is 5.79. The van der Waals surface area contributed by atoms with Gasteiger partial charge in [-0.3, -0.25) is 4.79 Å². The lowest BCUT2D eigenvalue weighted by molar-refractivity contribution is -0.133. The van der Waals surface area contributed by atoms with Crippen LogP contribution in [0.5, 0.6) is 0 Å². The molecule has 0 heterocycles. The van der Waals surface area contributed by atoms with Crippen LogP contribution in [-0.4, -0.2) is 19.0 Å². The standard InChI is InChI=1S/C17H32N2O/c1-13-3-5-15(6-4-13)11-19-16(20)17(12-18)9-7-14(2)8-10-17/h13-15H,3-12,18H2,1-2H3,(H,19,20). The summed E-state index contributed by atoms with van der Waals surface area (Å²) in [6.07, 6.45) is 9.41. The molecule has 2 aliphatic carbocycles. The second-order valence-electron chi connectivity index (χ2n) is 7.50. The van der Waals surface area contributed by atoms with E-state index in [0.717, 1.165) is 44.1 Å². The van der Waals surface area contributed by atoms with E-state index in [1.165, 1.54) is 25.7 Å². The van der Waals surface area contributed by atoms with Crippen molar-refractivity contribution in [3.8, 4) is 0 Å². The lowest BCUT2D eigenvalue weighted by Gasteiger charge is -2.37. The average molecular weight is 280 g/mol. The van der Waals surface area contributed by atoms with E-state index >= 15 is 0 Å². The van der Waals surface area contributed by atoms with Gasteiger partial charge < -0.3 is 11.1 Å². The van der Waals surface area contributed by atoms with Crippen LogP contribution < -0.4 is 11.1 Å². The summed E-state index contributed by atoms with van der Waals surface area (Å²) >= 11 is 0. The van der Waals surface area contributed by atoms with E-state index in [-0.39, 0.29) is 11.3 Å². The zero-order valence-corrected chi connectivity index (χ0v) is 13.3. The smallest absolute Gasteiger partial charge is 0.227 e. The molecule has 2 saturated carbocycles. The van der Waals surface area contributed by atoms with Crippen LogP contribution in [0.1, 0.15) is 65.2 Å². The highest BCUT2D eigenvalue weighted by Gasteiger charge is 2.39. The molecule has 0 aliphatic heterocycles. The van der Waals surface area contributed by atoms with E-state index in [0.29, 0.717) is 12.5 Å². The first-order chi connectivity index (χ1) is 9.55. The van der Waals surface area contributed by atoms with Gasteiger partial charge in [0.2, 0.25) is 5.91 Å². The Morgan fingerprint density at radius 3 is 2.15 bits per heavy atom. The van der Waals surface area contributed by atoms with Crippen LogP contribution in [0, 0.1) is 23.2 Å². The van der Waals surface area contributed by atoms with Gasteiger partial charge in [0.1, 0.15) is 0 Å². The van der Waals surface area contributed by atoms with Crippen molar-refractivity contribution in [1.29, 1.82) is 0 Å². The molecule has 3 heteroatoms.